The Labute approximate surface area is 115 Å². The van der Waals surface area contributed by atoms with E-state index in [0.29, 0.717) is 6.61 Å². The van der Waals surface area contributed by atoms with Crippen molar-refractivity contribution < 1.29 is 14.3 Å². The fraction of sp³-hybridized carbons (Fsp3) is 0.438. The Morgan fingerprint density at radius 2 is 1.95 bits per heavy atom. The number of carbonyl (C=O) groups excluding carboxylic acids is 1. The maximum atomic E-state index is 11.4. The Bertz CT molecular complexity index is 442. The maximum absolute atomic E-state index is 11.4. The molecule has 0 atom stereocenters. The van der Waals surface area contributed by atoms with Gasteiger partial charge in [-0.1, -0.05) is 25.1 Å². The van der Waals surface area contributed by atoms with Crippen LogP contribution < -0.4 is 4.74 Å². The fourth-order valence-corrected chi connectivity index (χ4v) is 1.45. The number of benzene rings is 1. The van der Waals surface area contributed by atoms with Gasteiger partial charge in [0.25, 0.3) is 0 Å². The fourth-order valence-electron chi connectivity index (χ4n) is 1.45. The molecule has 0 spiro atoms. The van der Waals surface area contributed by atoms with Crippen LogP contribution in [0.1, 0.15) is 39.7 Å². The summed E-state index contributed by atoms with van der Waals surface area (Å²) >= 11 is 0. The molecule has 0 amide bonds. The van der Waals surface area contributed by atoms with Gasteiger partial charge in [0.15, 0.2) is 0 Å². The maximum Gasteiger partial charge on any atom is 0.330 e. The van der Waals surface area contributed by atoms with Crippen molar-refractivity contribution in [1.29, 1.82) is 0 Å². The second kappa shape index (κ2) is 6.98. The molecule has 0 radical (unpaired) electrons. The number of hydrogen-bond acceptors (Lipinski definition) is 3. The van der Waals surface area contributed by atoms with Crippen LogP contribution >= 0.6 is 0 Å². The molecule has 0 saturated carbocycles. The summed E-state index contributed by atoms with van der Waals surface area (Å²) in [6.07, 6.45) is 3.98. The first kappa shape index (κ1) is 15.3. The minimum absolute atomic E-state index is 0.271. The van der Waals surface area contributed by atoms with E-state index >= 15 is 0 Å². The van der Waals surface area contributed by atoms with Gasteiger partial charge < -0.3 is 9.47 Å². The number of para-hydroxylation sites is 1. The molecule has 1 aromatic rings. The lowest BCUT2D eigenvalue weighted by Crippen LogP contribution is -2.23. The largest absolute Gasteiger partial charge is 0.488 e. The van der Waals surface area contributed by atoms with Crippen LogP contribution in [0.5, 0.6) is 5.75 Å². The van der Waals surface area contributed by atoms with Gasteiger partial charge in [0, 0.05) is 11.6 Å². The van der Waals surface area contributed by atoms with Crippen molar-refractivity contribution in [2.75, 3.05) is 6.61 Å². The van der Waals surface area contributed by atoms with Crippen molar-refractivity contribution in [3.63, 3.8) is 0 Å². The lowest BCUT2D eigenvalue weighted by Gasteiger charge is -2.22. The first-order valence-corrected chi connectivity index (χ1v) is 6.55. The molecule has 0 saturated heterocycles. The van der Waals surface area contributed by atoms with Crippen LogP contribution in [0.3, 0.4) is 0 Å². The standard InChI is InChI=1S/C16H22O3/c1-5-12-18-15(17)11-10-13-8-6-7-9-14(13)19-16(2,3)4/h6-11H,5,12H2,1-4H3. The quantitative estimate of drug-likeness (QED) is 0.597. The van der Waals surface area contributed by atoms with Gasteiger partial charge in [0.1, 0.15) is 11.4 Å². The van der Waals surface area contributed by atoms with Gasteiger partial charge in [-0.05, 0) is 39.3 Å². The smallest absolute Gasteiger partial charge is 0.330 e. The molecule has 3 heteroatoms. The number of hydrogen-bond donors (Lipinski definition) is 0. The molecule has 0 heterocycles. The molecule has 19 heavy (non-hydrogen) atoms. The predicted molar refractivity (Wildman–Crippen MR) is 77.1 cm³/mol. The lowest BCUT2D eigenvalue weighted by molar-refractivity contribution is -0.137. The molecule has 0 aliphatic rings. The topological polar surface area (TPSA) is 35.5 Å². The molecular formula is C16H22O3. The third kappa shape index (κ3) is 6.09. The molecule has 0 bridgehead atoms. The monoisotopic (exact) mass is 262 g/mol. The van der Waals surface area contributed by atoms with Crippen LogP contribution in [0, 0.1) is 0 Å². The molecule has 0 N–H and O–H groups in total. The van der Waals surface area contributed by atoms with E-state index in [1.54, 1.807) is 6.08 Å². The van der Waals surface area contributed by atoms with Gasteiger partial charge in [-0.25, -0.2) is 4.79 Å². The molecule has 0 aliphatic carbocycles. The Morgan fingerprint density at radius 1 is 1.26 bits per heavy atom. The average Bonchev–Trinajstić information content (AvgIpc) is 2.33. The lowest BCUT2D eigenvalue weighted by atomic mass is 10.1. The van der Waals surface area contributed by atoms with Crippen molar-refractivity contribution in [3.05, 3.63) is 35.9 Å². The summed E-state index contributed by atoms with van der Waals surface area (Å²) in [4.78, 5) is 11.4. The SMILES string of the molecule is CCCOC(=O)C=Cc1ccccc1OC(C)(C)C. The summed E-state index contributed by atoms with van der Waals surface area (Å²) in [6.45, 7) is 8.38. The summed E-state index contributed by atoms with van der Waals surface area (Å²) in [5.41, 5.74) is 0.595. The zero-order valence-corrected chi connectivity index (χ0v) is 12.1. The summed E-state index contributed by atoms with van der Waals surface area (Å²) in [6, 6.07) is 7.62. The van der Waals surface area contributed by atoms with Crippen LogP contribution in [0.2, 0.25) is 0 Å². The van der Waals surface area contributed by atoms with E-state index in [0.717, 1.165) is 17.7 Å². The average molecular weight is 262 g/mol. The first-order chi connectivity index (χ1) is 8.92. The van der Waals surface area contributed by atoms with Crippen molar-refractivity contribution >= 4 is 12.0 Å². The third-order valence-corrected chi connectivity index (χ3v) is 2.18. The van der Waals surface area contributed by atoms with E-state index in [-0.39, 0.29) is 11.6 Å². The normalized spacial score (nSPS) is 11.6. The highest BCUT2D eigenvalue weighted by atomic mass is 16.5. The van der Waals surface area contributed by atoms with Gasteiger partial charge >= 0.3 is 5.97 Å². The molecule has 1 aromatic carbocycles. The zero-order chi connectivity index (χ0) is 14.3. The Kier molecular flexibility index (Phi) is 5.61. The summed E-state index contributed by atoms with van der Waals surface area (Å²) in [5.74, 6) is 0.432. The van der Waals surface area contributed by atoms with Crippen LogP contribution in [-0.4, -0.2) is 18.2 Å². The molecule has 104 valence electrons. The van der Waals surface area contributed by atoms with Gasteiger partial charge in [-0.3, -0.25) is 0 Å². The van der Waals surface area contributed by atoms with E-state index in [1.165, 1.54) is 6.08 Å². The Morgan fingerprint density at radius 3 is 2.58 bits per heavy atom. The summed E-state index contributed by atoms with van der Waals surface area (Å²) < 4.78 is 10.8. The highest BCUT2D eigenvalue weighted by Gasteiger charge is 2.13. The minimum Gasteiger partial charge on any atom is -0.488 e. The van der Waals surface area contributed by atoms with Gasteiger partial charge in [-0.2, -0.15) is 0 Å². The second-order valence-electron chi connectivity index (χ2n) is 5.25. The van der Waals surface area contributed by atoms with E-state index in [9.17, 15) is 4.79 Å². The molecule has 1 rings (SSSR count). The van der Waals surface area contributed by atoms with E-state index in [1.807, 2.05) is 52.0 Å². The van der Waals surface area contributed by atoms with Crippen LogP contribution in [0.4, 0.5) is 0 Å². The molecule has 0 fully saturated rings. The molecule has 0 aromatic heterocycles. The highest BCUT2D eigenvalue weighted by Crippen LogP contribution is 2.24. The van der Waals surface area contributed by atoms with E-state index in [4.69, 9.17) is 9.47 Å². The molecular weight excluding hydrogens is 240 g/mol. The van der Waals surface area contributed by atoms with Gasteiger partial charge in [0.05, 0.1) is 6.61 Å². The third-order valence-electron chi connectivity index (χ3n) is 2.18. The van der Waals surface area contributed by atoms with Gasteiger partial charge in [-0.15, -0.1) is 0 Å². The van der Waals surface area contributed by atoms with Crippen molar-refractivity contribution in [3.8, 4) is 5.75 Å². The predicted octanol–water partition coefficient (Wildman–Crippen LogP) is 3.83. The van der Waals surface area contributed by atoms with Crippen molar-refractivity contribution in [1.82, 2.24) is 0 Å². The van der Waals surface area contributed by atoms with Crippen LogP contribution in [0.15, 0.2) is 30.3 Å². The van der Waals surface area contributed by atoms with E-state index in [2.05, 4.69) is 0 Å². The van der Waals surface area contributed by atoms with Gasteiger partial charge in [0.2, 0.25) is 0 Å². The summed E-state index contributed by atoms with van der Waals surface area (Å²) in [7, 11) is 0. The van der Waals surface area contributed by atoms with Crippen molar-refractivity contribution in [2.45, 2.75) is 39.7 Å². The molecule has 0 aliphatic heterocycles. The number of ether oxygens (including phenoxy) is 2. The Balaban J connectivity index is 2.78. The number of rotatable bonds is 5. The van der Waals surface area contributed by atoms with E-state index < -0.39 is 0 Å². The number of esters is 1. The second-order valence-corrected chi connectivity index (χ2v) is 5.25. The van der Waals surface area contributed by atoms with Crippen molar-refractivity contribution in [2.24, 2.45) is 0 Å². The summed E-state index contributed by atoms with van der Waals surface area (Å²) in [5, 5.41) is 0. The van der Waals surface area contributed by atoms with Crippen LogP contribution in [-0.2, 0) is 9.53 Å². The minimum atomic E-state index is -0.326. The highest BCUT2D eigenvalue weighted by molar-refractivity contribution is 5.87. The first-order valence-electron chi connectivity index (χ1n) is 6.55. The van der Waals surface area contributed by atoms with Crippen LogP contribution in [0.25, 0.3) is 6.08 Å². The Hall–Kier alpha value is -1.77. The molecule has 3 nitrogen and oxygen atoms in total. The zero-order valence-electron chi connectivity index (χ0n) is 12.1. The number of carbonyl (C=O) groups is 1. The molecule has 0 unspecified atom stereocenters.